The molecule has 1 heterocycles. The second kappa shape index (κ2) is 3.83. The van der Waals surface area contributed by atoms with Gasteiger partial charge in [0.25, 0.3) is 0 Å². The fourth-order valence-electron chi connectivity index (χ4n) is 1.63. The van der Waals surface area contributed by atoms with Gasteiger partial charge in [-0.15, -0.1) is 23.1 Å². The molecule has 0 aliphatic carbocycles. The molecule has 0 saturated carbocycles. The van der Waals surface area contributed by atoms with Crippen LogP contribution < -0.4 is 5.73 Å². The summed E-state index contributed by atoms with van der Waals surface area (Å²) < 4.78 is 1.33. The highest BCUT2D eigenvalue weighted by Gasteiger charge is 2.08. The molecule has 0 amide bonds. The van der Waals surface area contributed by atoms with Crippen LogP contribution in [-0.2, 0) is 6.42 Å². The smallest absolute Gasteiger partial charge is 0.0499 e. The predicted molar refractivity (Wildman–Crippen MR) is 67.4 cm³/mol. The first-order chi connectivity index (χ1) is 6.77. The monoisotopic (exact) mass is 223 g/mol. The Hall–Kier alpha value is -0.670. The quantitative estimate of drug-likeness (QED) is 0.619. The molecule has 1 aromatic heterocycles. The third-order valence-electron chi connectivity index (χ3n) is 2.43. The molecule has 0 aliphatic rings. The number of rotatable bonds is 2. The summed E-state index contributed by atoms with van der Waals surface area (Å²) in [7, 11) is 0. The van der Waals surface area contributed by atoms with Crippen LogP contribution in [0.1, 0.15) is 12.5 Å². The molecule has 0 fully saturated rings. The van der Waals surface area contributed by atoms with E-state index in [0.717, 1.165) is 12.1 Å². The topological polar surface area (TPSA) is 26.0 Å². The van der Waals surface area contributed by atoms with Crippen LogP contribution in [0.5, 0.6) is 0 Å². The van der Waals surface area contributed by atoms with Gasteiger partial charge in [-0.2, -0.15) is 0 Å². The Morgan fingerprint density at radius 1 is 1.50 bits per heavy atom. The second-order valence-corrected chi connectivity index (χ2v) is 4.93. The standard InChI is InChI=1S/C11H13NS2/c1-3-7-6-9(13-2)11-8(10(7)12)4-5-14-11/h4-6H,3,12H2,1-2H3. The minimum Gasteiger partial charge on any atom is -0.398 e. The average Bonchev–Trinajstić information content (AvgIpc) is 2.68. The normalized spacial score (nSPS) is 11.0. The molecule has 1 nitrogen and oxygen atoms in total. The highest BCUT2D eigenvalue weighted by Crippen LogP contribution is 2.36. The summed E-state index contributed by atoms with van der Waals surface area (Å²) in [4.78, 5) is 1.35. The predicted octanol–water partition coefficient (Wildman–Crippen LogP) is 3.77. The first-order valence-corrected chi connectivity index (χ1v) is 6.71. The lowest BCUT2D eigenvalue weighted by molar-refractivity contribution is 1.14. The van der Waals surface area contributed by atoms with Gasteiger partial charge < -0.3 is 5.73 Å². The molecule has 74 valence electrons. The molecule has 0 unspecified atom stereocenters. The minimum absolute atomic E-state index is 0.960. The van der Waals surface area contributed by atoms with Gasteiger partial charge in [0.2, 0.25) is 0 Å². The Kier molecular flexibility index (Phi) is 2.70. The molecule has 2 rings (SSSR count). The zero-order chi connectivity index (χ0) is 10.1. The van der Waals surface area contributed by atoms with Crippen LogP contribution >= 0.6 is 23.1 Å². The van der Waals surface area contributed by atoms with E-state index in [0.29, 0.717) is 0 Å². The molecule has 0 atom stereocenters. The van der Waals surface area contributed by atoms with Crippen LogP contribution in [0.15, 0.2) is 22.4 Å². The lowest BCUT2D eigenvalue weighted by atomic mass is 10.1. The van der Waals surface area contributed by atoms with Crippen molar-refractivity contribution in [1.82, 2.24) is 0 Å². The molecule has 0 saturated heterocycles. The summed E-state index contributed by atoms with van der Waals surface area (Å²) in [5.41, 5.74) is 8.32. The second-order valence-electron chi connectivity index (χ2n) is 3.17. The Morgan fingerprint density at radius 3 is 2.93 bits per heavy atom. The van der Waals surface area contributed by atoms with E-state index in [1.54, 1.807) is 23.1 Å². The van der Waals surface area contributed by atoms with E-state index < -0.39 is 0 Å². The third-order valence-corrected chi connectivity index (χ3v) is 4.27. The van der Waals surface area contributed by atoms with Crippen molar-refractivity contribution >= 4 is 38.9 Å². The maximum atomic E-state index is 6.09. The molecule has 3 heteroatoms. The molecule has 1 aromatic carbocycles. The van der Waals surface area contributed by atoms with Gasteiger partial charge in [-0.05, 0) is 35.8 Å². The number of aryl methyl sites for hydroxylation is 1. The van der Waals surface area contributed by atoms with Crippen LogP contribution in [0.2, 0.25) is 0 Å². The van der Waals surface area contributed by atoms with Gasteiger partial charge >= 0.3 is 0 Å². The lowest BCUT2D eigenvalue weighted by Crippen LogP contribution is -1.93. The molecule has 14 heavy (non-hydrogen) atoms. The van der Waals surface area contributed by atoms with Crippen molar-refractivity contribution < 1.29 is 0 Å². The van der Waals surface area contributed by atoms with Crippen LogP contribution in [0.3, 0.4) is 0 Å². The summed E-state index contributed by atoms with van der Waals surface area (Å²) in [6.07, 6.45) is 3.12. The van der Waals surface area contributed by atoms with Crippen molar-refractivity contribution in [1.29, 1.82) is 0 Å². The van der Waals surface area contributed by atoms with Crippen molar-refractivity contribution in [2.45, 2.75) is 18.2 Å². The van der Waals surface area contributed by atoms with Crippen LogP contribution in [0.25, 0.3) is 10.1 Å². The summed E-state index contributed by atoms with van der Waals surface area (Å²) in [5, 5.41) is 3.33. The number of nitrogens with two attached hydrogens (primary N) is 1. The van der Waals surface area contributed by atoms with Gasteiger partial charge in [0.15, 0.2) is 0 Å². The number of fused-ring (bicyclic) bond motifs is 1. The van der Waals surface area contributed by atoms with Gasteiger partial charge in [0.1, 0.15) is 0 Å². The van der Waals surface area contributed by atoms with Crippen molar-refractivity contribution in [3.05, 3.63) is 23.1 Å². The van der Waals surface area contributed by atoms with Crippen LogP contribution in [0.4, 0.5) is 5.69 Å². The number of hydrogen-bond acceptors (Lipinski definition) is 3. The van der Waals surface area contributed by atoms with Gasteiger partial charge in [0.05, 0.1) is 0 Å². The molecule has 0 radical (unpaired) electrons. The largest absolute Gasteiger partial charge is 0.398 e. The molecule has 0 aliphatic heterocycles. The molecular weight excluding hydrogens is 210 g/mol. The Balaban J connectivity index is 2.80. The van der Waals surface area contributed by atoms with Crippen molar-refractivity contribution in [3.8, 4) is 0 Å². The van der Waals surface area contributed by atoms with E-state index in [1.165, 1.54) is 20.5 Å². The van der Waals surface area contributed by atoms with Gasteiger partial charge in [-0.25, -0.2) is 0 Å². The number of anilines is 1. The van der Waals surface area contributed by atoms with Gasteiger partial charge in [0, 0.05) is 20.7 Å². The number of benzene rings is 1. The highest BCUT2D eigenvalue weighted by atomic mass is 32.2. The SMILES string of the molecule is CCc1cc(SC)c2sccc2c1N. The summed E-state index contributed by atoms with van der Waals surface area (Å²) >= 11 is 3.57. The maximum absolute atomic E-state index is 6.09. The van der Waals surface area contributed by atoms with Crippen molar-refractivity contribution in [2.75, 3.05) is 12.0 Å². The Labute approximate surface area is 92.3 Å². The average molecular weight is 223 g/mol. The van der Waals surface area contributed by atoms with E-state index in [1.807, 2.05) is 0 Å². The van der Waals surface area contributed by atoms with Crippen molar-refractivity contribution in [3.63, 3.8) is 0 Å². The lowest BCUT2D eigenvalue weighted by Gasteiger charge is -2.07. The summed E-state index contributed by atoms with van der Waals surface area (Å²) in [6, 6.07) is 4.34. The van der Waals surface area contributed by atoms with Gasteiger partial charge in [-0.1, -0.05) is 6.92 Å². The van der Waals surface area contributed by atoms with E-state index >= 15 is 0 Å². The zero-order valence-corrected chi connectivity index (χ0v) is 9.97. The Bertz CT molecular complexity index is 460. The number of hydrogen-bond donors (Lipinski definition) is 1. The maximum Gasteiger partial charge on any atom is 0.0499 e. The minimum atomic E-state index is 0.960. The molecule has 2 aromatic rings. The fourth-order valence-corrected chi connectivity index (χ4v) is 3.40. The molecule has 0 bridgehead atoms. The van der Waals surface area contributed by atoms with E-state index in [-0.39, 0.29) is 0 Å². The van der Waals surface area contributed by atoms with E-state index in [9.17, 15) is 0 Å². The first-order valence-electron chi connectivity index (χ1n) is 4.60. The zero-order valence-electron chi connectivity index (χ0n) is 8.33. The molecule has 0 spiro atoms. The van der Waals surface area contributed by atoms with E-state index in [2.05, 4.69) is 30.7 Å². The Morgan fingerprint density at radius 2 is 2.29 bits per heavy atom. The molecular formula is C11H13NS2. The highest BCUT2D eigenvalue weighted by molar-refractivity contribution is 7.99. The molecule has 2 N–H and O–H groups in total. The number of thioether (sulfide) groups is 1. The third kappa shape index (κ3) is 1.41. The van der Waals surface area contributed by atoms with Crippen molar-refractivity contribution in [2.24, 2.45) is 0 Å². The number of nitrogen functional groups attached to an aromatic ring is 1. The summed E-state index contributed by atoms with van der Waals surface area (Å²) in [6.45, 7) is 2.15. The van der Waals surface area contributed by atoms with Crippen LogP contribution in [0, 0.1) is 0 Å². The van der Waals surface area contributed by atoms with Gasteiger partial charge in [-0.3, -0.25) is 0 Å². The van der Waals surface area contributed by atoms with E-state index in [4.69, 9.17) is 5.73 Å². The number of thiophene rings is 1. The van der Waals surface area contributed by atoms with Crippen LogP contribution in [-0.4, -0.2) is 6.26 Å². The fraction of sp³-hybridized carbons (Fsp3) is 0.273. The summed E-state index contributed by atoms with van der Waals surface area (Å²) in [5.74, 6) is 0. The first kappa shape index (κ1) is 9.87.